The third-order valence-electron chi connectivity index (χ3n) is 6.82. The minimum absolute atomic E-state index is 0.160. The maximum absolute atomic E-state index is 12.3. The van der Waals surface area contributed by atoms with Crippen LogP contribution in [-0.2, 0) is 28.2 Å². The molecule has 0 heterocycles. The second-order valence-corrected chi connectivity index (χ2v) is 12.4. The quantitative estimate of drug-likeness (QED) is 0.0345. The number of ether oxygens (including phenoxy) is 2. The SMILES string of the molecule is CCCC/C=C/CCCCCCCC(=O)OC[C@H](COP(=O)(O)O)OC(=O)CCCC/C=C/C/C=C/C/C=C/CCCCC. The van der Waals surface area contributed by atoms with Gasteiger partial charge in [0.1, 0.15) is 6.61 Å². The first-order chi connectivity index (χ1) is 21.3. The van der Waals surface area contributed by atoms with E-state index < -0.39 is 32.5 Å². The van der Waals surface area contributed by atoms with Crippen LogP contribution in [0, 0.1) is 0 Å². The molecule has 9 heteroatoms. The standard InChI is InChI=1S/C35H61O8P/c1-3-5-7-9-11-13-15-16-17-18-20-22-24-26-28-30-35(37)43-33(32-42-44(38,39)40)31-41-34(36)29-27-25-23-21-19-14-12-10-8-6-4-2/h10-13,16-17,20,22,33H,3-9,14-15,18-19,21,23-32H2,1-2H3,(H2,38,39,40)/b12-10+,13-11+,17-16+,22-20+/t33-/m1/s1. The molecule has 0 fully saturated rings. The maximum Gasteiger partial charge on any atom is 0.469 e. The van der Waals surface area contributed by atoms with E-state index >= 15 is 0 Å². The summed E-state index contributed by atoms with van der Waals surface area (Å²) < 4.78 is 26.1. The Bertz CT molecular complexity index is 859. The number of carbonyl (C=O) groups excluding carboxylic acids is 2. The second-order valence-electron chi connectivity index (χ2n) is 11.1. The predicted octanol–water partition coefficient (Wildman–Crippen LogP) is 9.62. The van der Waals surface area contributed by atoms with Crippen LogP contribution in [0.25, 0.3) is 0 Å². The van der Waals surface area contributed by atoms with Crippen molar-refractivity contribution < 1.29 is 37.9 Å². The minimum atomic E-state index is -4.76. The fourth-order valence-corrected chi connectivity index (χ4v) is 4.60. The lowest BCUT2D eigenvalue weighted by atomic mass is 10.1. The van der Waals surface area contributed by atoms with Crippen molar-refractivity contribution in [2.45, 2.75) is 148 Å². The fraction of sp³-hybridized carbons (Fsp3) is 0.714. The van der Waals surface area contributed by atoms with Gasteiger partial charge in [-0.1, -0.05) is 107 Å². The molecule has 0 aliphatic heterocycles. The zero-order valence-corrected chi connectivity index (χ0v) is 28.4. The number of allylic oxidation sites excluding steroid dienone is 8. The van der Waals surface area contributed by atoms with Crippen molar-refractivity contribution >= 4 is 19.8 Å². The van der Waals surface area contributed by atoms with Gasteiger partial charge in [0.05, 0.1) is 6.61 Å². The monoisotopic (exact) mass is 640 g/mol. The lowest BCUT2D eigenvalue weighted by Crippen LogP contribution is -2.29. The molecule has 8 nitrogen and oxygen atoms in total. The van der Waals surface area contributed by atoms with Gasteiger partial charge in [0, 0.05) is 12.8 Å². The van der Waals surface area contributed by atoms with Gasteiger partial charge in [-0.3, -0.25) is 14.1 Å². The first-order valence-corrected chi connectivity index (χ1v) is 18.5. The summed E-state index contributed by atoms with van der Waals surface area (Å²) in [6, 6.07) is 0. The predicted molar refractivity (Wildman–Crippen MR) is 179 cm³/mol. The summed E-state index contributed by atoms with van der Waals surface area (Å²) in [5, 5.41) is 0. The molecular weight excluding hydrogens is 579 g/mol. The van der Waals surface area contributed by atoms with Gasteiger partial charge in [0.2, 0.25) is 0 Å². The molecule has 0 rings (SSSR count). The van der Waals surface area contributed by atoms with Crippen molar-refractivity contribution in [3.8, 4) is 0 Å². The van der Waals surface area contributed by atoms with Crippen LogP contribution in [0.3, 0.4) is 0 Å². The molecule has 0 unspecified atom stereocenters. The molecule has 0 aromatic rings. The number of unbranched alkanes of at least 4 members (excludes halogenated alkanes) is 12. The topological polar surface area (TPSA) is 119 Å². The van der Waals surface area contributed by atoms with E-state index in [2.05, 4.69) is 67.0 Å². The van der Waals surface area contributed by atoms with Crippen LogP contribution in [0.1, 0.15) is 142 Å². The third-order valence-corrected chi connectivity index (χ3v) is 7.31. The van der Waals surface area contributed by atoms with Crippen LogP contribution < -0.4 is 0 Å². The van der Waals surface area contributed by atoms with Gasteiger partial charge in [-0.2, -0.15) is 0 Å². The Kier molecular flexibility index (Phi) is 29.6. The van der Waals surface area contributed by atoms with E-state index in [-0.39, 0.29) is 19.4 Å². The molecule has 0 saturated heterocycles. The molecule has 0 bridgehead atoms. The molecule has 0 amide bonds. The normalized spacial score (nSPS) is 13.1. The summed E-state index contributed by atoms with van der Waals surface area (Å²) in [5.41, 5.74) is 0. The Labute approximate surface area is 267 Å². The van der Waals surface area contributed by atoms with E-state index in [9.17, 15) is 14.2 Å². The van der Waals surface area contributed by atoms with Gasteiger partial charge in [0.15, 0.2) is 6.10 Å². The van der Waals surface area contributed by atoms with E-state index in [0.29, 0.717) is 12.8 Å². The van der Waals surface area contributed by atoms with Crippen LogP contribution >= 0.6 is 7.82 Å². The first kappa shape index (κ1) is 42.0. The van der Waals surface area contributed by atoms with E-state index in [0.717, 1.165) is 70.6 Å². The van der Waals surface area contributed by atoms with Crippen molar-refractivity contribution in [3.63, 3.8) is 0 Å². The summed E-state index contributed by atoms with van der Waals surface area (Å²) in [6.45, 7) is 3.54. The highest BCUT2D eigenvalue weighted by Gasteiger charge is 2.22. The van der Waals surface area contributed by atoms with Gasteiger partial charge >= 0.3 is 19.8 Å². The van der Waals surface area contributed by atoms with Crippen LogP contribution in [0.2, 0.25) is 0 Å². The Hall–Kier alpha value is -1.99. The number of phosphoric ester groups is 1. The van der Waals surface area contributed by atoms with E-state index in [1.165, 1.54) is 32.1 Å². The smallest absolute Gasteiger partial charge is 0.462 e. The summed E-state index contributed by atoms with van der Waals surface area (Å²) >= 11 is 0. The number of hydrogen-bond acceptors (Lipinski definition) is 6. The Morgan fingerprint density at radius 2 is 1.05 bits per heavy atom. The molecular formula is C35H61O8P. The van der Waals surface area contributed by atoms with Crippen LogP contribution in [0.15, 0.2) is 48.6 Å². The molecule has 44 heavy (non-hydrogen) atoms. The highest BCUT2D eigenvalue weighted by atomic mass is 31.2. The van der Waals surface area contributed by atoms with Crippen molar-refractivity contribution in [2.24, 2.45) is 0 Å². The van der Waals surface area contributed by atoms with Crippen LogP contribution in [0.4, 0.5) is 0 Å². The zero-order valence-electron chi connectivity index (χ0n) is 27.5. The molecule has 0 aliphatic carbocycles. The number of phosphoric acid groups is 1. The maximum atomic E-state index is 12.3. The van der Waals surface area contributed by atoms with Crippen molar-refractivity contribution in [2.75, 3.05) is 13.2 Å². The van der Waals surface area contributed by atoms with Crippen molar-refractivity contribution in [1.82, 2.24) is 0 Å². The average molecular weight is 641 g/mol. The summed E-state index contributed by atoms with van der Waals surface area (Å²) in [6.07, 6.45) is 35.5. The number of carbonyl (C=O) groups is 2. The number of esters is 2. The van der Waals surface area contributed by atoms with Gasteiger partial charge in [0.25, 0.3) is 0 Å². The molecule has 0 radical (unpaired) electrons. The minimum Gasteiger partial charge on any atom is -0.462 e. The van der Waals surface area contributed by atoms with Crippen LogP contribution in [0.5, 0.6) is 0 Å². The molecule has 254 valence electrons. The van der Waals surface area contributed by atoms with Crippen molar-refractivity contribution in [3.05, 3.63) is 48.6 Å². The Morgan fingerprint density at radius 1 is 0.591 bits per heavy atom. The Balaban J connectivity index is 4.12. The summed E-state index contributed by atoms with van der Waals surface area (Å²) in [4.78, 5) is 42.5. The van der Waals surface area contributed by atoms with Gasteiger partial charge in [-0.05, 0) is 70.6 Å². The number of hydrogen-bond donors (Lipinski definition) is 2. The highest BCUT2D eigenvalue weighted by molar-refractivity contribution is 7.46. The van der Waals surface area contributed by atoms with Gasteiger partial charge < -0.3 is 19.3 Å². The van der Waals surface area contributed by atoms with E-state index in [4.69, 9.17) is 19.3 Å². The molecule has 2 N–H and O–H groups in total. The van der Waals surface area contributed by atoms with E-state index in [1.807, 2.05) is 0 Å². The lowest BCUT2D eigenvalue weighted by Gasteiger charge is -2.18. The molecule has 0 aliphatic rings. The molecule has 0 aromatic heterocycles. The summed E-state index contributed by atoms with van der Waals surface area (Å²) in [5.74, 6) is -0.947. The molecule has 1 atom stereocenters. The highest BCUT2D eigenvalue weighted by Crippen LogP contribution is 2.35. The Morgan fingerprint density at radius 3 is 1.66 bits per heavy atom. The fourth-order valence-electron chi connectivity index (χ4n) is 4.24. The number of rotatable bonds is 30. The largest absolute Gasteiger partial charge is 0.469 e. The first-order valence-electron chi connectivity index (χ1n) is 16.9. The third kappa shape index (κ3) is 32.9. The zero-order chi connectivity index (χ0) is 32.6. The summed E-state index contributed by atoms with van der Waals surface area (Å²) in [7, 11) is -4.76. The second kappa shape index (κ2) is 31.0. The molecule has 0 spiro atoms. The van der Waals surface area contributed by atoms with Gasteiger partial charge in [-0.25, -0.2) is 4.57 Å². The van der Waals surface area contributed by atoms with Gasteiger partial charge in [-0.15, -0.1) is 0 Å². The van der Waals surface area contributed by atoms with Crippen LogP contribution in [-0.4, -0.2) is 41.0 Å². The molecule has 0 saturated carbocycles. The van der Waals surface area contributed by atoms with Crippen molar-refractivity contribution in [1.29, 1.82) is 0 Å². The molecule has 0 aromatic carbocycles. The average Bonchev–Trinajstić information content (AvgIpc) is 2.98. The van der Waals surface area contributed by atoms with E-state index in [1.54, 1.807) is 0 Å². The lowest BCUT2D eigenvalue weighted by molar-refractivity contribution is -0.161.